The zero-order valence-corrected chi connectivity index (χ0v) is 11.7. The molecule has 0 aliphatic rings. The van der Waals surface area contributed by atoms with Crippen molar-refractivity contribution < 1.29 is 0 Å². The van der Waals surface area contributed by atoms with Crippen molar-refractivity contribution in [3.63, 3.8) is 0 Å². The Morgan fingerprint density at radius 1 is 1.29 bits per heavy atom. The number of hydrogen-bond acceptors (Lipinski definition) is 2. The SMILES string of the molecule is CCC(C)Cc1nc(C)cnc1/C=C\C(C)C. The van der Waals surface area contributed by atoms with Crippen molar-refractivity contribution in [2.45, 2.75) is 47.5 Å². The fourth-order valence-electron chi connectivity index (χ4n) is 1.58. The van der Waals surface area contributed by atoms with Gasteiger partial charge in [0.15, 0.2) is 0 Å². The van der Waals surface area contributed by atoms with Crippen molar-refractivity contribution in [1.82, 2.24) is 9.97 Å². The maximum atomic E-state index is 4.63. The number of aromatic nitrogens is 2. The molecule has 1 unspecified atom stereocenters. The normalized spacial score (nSPS) is 13.5. The second kappa shape index (κ2) is 6.53. The lowest BCUT2D eigenvalue weighted by molar-refractivity contribution is 0.550. The summed E-state index contributed by atoms with van der Waals surface area (Å²) >= 11 is 0. The van der Waals surface area contributed by atoms with Gasteiger partial charge in [-0.3, -0.25) is 9.97 Å². The van der Waals surface area contributed by atoms with Gasteiger partial charge in [0.1, 0.15) is 0 Å². The number of allylic oxidation sites excluding steroid dienone is 1. The Morgan fingerprint density at radius 2 is 2.00 bits per heavy atom. The lowest BCUT2D eigenvalue weighted by Crippen LogP contribution is -2.05. The first-order valence-electron chi connectivity index (χ1n) is 6.53. The highest BCUT2D eigenvalue weighted by Crippen LogP contribution is 2.15. The first-order valence-corrected chi connectivity index (χ1v) is 6.53. The Hall–Kier alpha value is -1.18. The van der Waals surface area contributed by atoms with E-state index in [0.29, 0.717) is 11.8 Å². The van der Waals surface area contributed by atoms with Crippen molar-refractivity contribution in [3.05, 3.63) is 29.4 Å². The third-order valence-electron chi connectivity index (χ3n) is 2.88. The van der Waals surface area contributed by atoms with Gasteiger partial charge >= 0.3 is 0 Å². The minimum atomic E-state index is 0.551. The molecule has 0 radical (unpaired) electrons. The predicted molar refractivity (Wildman–Crippen MR) is 73.8 cm³/mol. The van der Waals surface area contributed by atoms with Gasteiger partial charge in [-0.05, 0) is 31.3 Å². The smallest absolute Gasteiger partial charge is 0.0842 e. The standard InChI is InChI=1S/C15H24N2/c1-6-12(4)9-15-14(8-7-11(2)3)16-10-13(5)17-15/h7-8,10-12H,6,9H2,1-5H3/b8-7-. The summed E-state index contributed by atoms with van der Waals surface area (Å²) in [5, 5.41) is 0. The van der Waals surface area contributed by atoms with Crippen LogP contribution >= 0.6 is 0 Å². The zero-order chi connectivity index (χ0) is 12.8. The molecule has 0 aliphatic heterocycles. The van der Waals surface area contributed by atoms with E-state index in [0.717, 1.165) is 23.5 Å². The van der Waals surface area contributed by atoms with Crippen molar-refractivity contribution in [2.75, 3.05) is 0 Å². The van der Waals surface area contributed by atoms with Gasteiger partial charge in [0, 0.05) is 6.20 Å². The number of aryl methyl sites for hydroxylation is 1. The van der Waals surface area contributed by atoms with Crippen LogP contribution in [0.5, 0.6) is 0 Å². The van der Waals surface area contributed by atoms with E-state index >= 15 is 0 Å². The molecule has 0 amide bonds. The van der Waals surface area contributed by atoms with E-state index in [4.69, 9.17) is 0 Å². The van der Waals surface area contributed by atoms with Gasteiger partial charge in [-0.1, -0.05) is 40.2 Å². The number of rotatable bonds is 5. The Morgan fingerprint density at radius 3 is 2.59 bits per heavy atom. The van der Waals surface area contributed by atoms with E-state index in [2.05, 4.69) is 49.8 Å². The van der Waals surface area contributed by atoms with Crippen LogP contribution in [0.15, 0.2) is 12.3 Å². The van der Waals surface area contributed by atoms with E-state index in [1.165, 1.54) is 6.42 Å². The van der Waals surface area contributed by atoms with Gasteiger partial charge in [0.05, 0.1) is 17.1 Å². The first kappa shape index (κ1) is 13.9. The molecule has 17 heavy (non-hydrogen) atoms. The predicted octanol–water partition coefficient (Wildman–Crippen LogP) is 4.04. The summed E-state index contributed by atoms with van der Waals surface area (Å²) in [5.41, 5.74) is 3.17. The van der Waals surface area contributed by atoms with Crippen LogP contribution in [0.1, 0.15) is 51.2 Å². The maximum Gasteiger partial charge on any atom is 0.0842 e. The molecule has 0 spiro atoms. The molecule has 1 atom stereocenters. The summed E-state index contributed by atoms with van der Waals surface area (Å²) in [6.45, 7) is 10.8. The van der Waals surface area contributed by atoms with E-state index in [-0.39, 0.29) is 0 Å². The molecular formula is C15H24N2. The lowest BCUT2D eigenvalue weighted by Gasteiger charge is -2.10. The van der Waals surface area contributed by atoms with Crippen molar-refractivity contribution >= 4 is 6.08 Å². The van der Waals surface area contributed by atoms with Crippen LogP contribution in [0.4, 0.5) is 0 Å². The van der Waals surface area contributed by atoms with Crippen molar-refractivity contribution in [1.29, 1.82) is 0 Å². The van der Waals surface area contributed by atoms with E-state index in [1.54, 1.807) is 0 Å². The molecular weight excluding hydrogens is 208 g/mol. The minimum absolute atomic E-state index is 0.551. The van der Waals surface area contributed by atoms with Gasteiger partial charge in [-0.2, -0.15) is 0 Å². The first-order chi connectivity index (χ1) is 8.02. The summed E-state index contributed by atoms with van der Waals surface area (Å²) in [6.07, 6.45) is 8.33. The summed E-state index contributed by atoms with van der Waals surface area (Å²) in [4.78, 5) is 9.11. The summed E-state index contributed by atoms with van der Waals surface area (Å²) in [5.74, 6) is 1.21. The molecule has 2 nitrogen and oxygen atoms in total. The largest absolute Gasteiger partial charge is 0.254 e. The highest BCUT2D eigenvalue weighted by molar-refractivity contribution is 5.47. The van der Waals surface area contributed by atoms with Gasteiger partial charge < -0.3 is 0 Å². The second-order valence-electron chi connectivity index (χ2n) is 5.16. The molecule has 0 bridgehead atoms. The quantitative estimate of drug-likeness (QED) is 0.765. The van der Waals surface area contributed by atoms with Crippen LogP contribution in [-0.4, -0.2) is 9.97 Å². The summed E-state index contributed by atoms with van der Waals surface area (Å²) in [7, 11) is 0. The van der Waals surface area contributed by atoms with Gasteiger partial charge in [0.25, 0.3) is 0 Å². The Bertz CT molecular complexity index is 381. The van der Waals surface area contributed by atoms with Crippen LogP contribution < -0.4 is 0 Å². The molecule has 0 N–H and O–H groups in total. The van der Waals surface area contributed by atoms with Crippen LogP contribution in [0.25, 0.3) is 6.08 Å². The fraction of sp³-hybridized carbons (Fsp3) is 0.600. The van der Waals surface area contributed by atoms with E-state index in [9.17, 15) is 0 Å². The molecule has 1 aromatic rings. The lowest BCUT2D eigenvalue weighted by atomic mass is 10.0. The van der Waals surface area contributed by atoms with Gasteiger partial charge in [-0.15, -0.1) is 0 Å². The Balaban J connectivity index is 2.95. The van der Waals surface area contributed by atoms with Gasteiger partial charge in [-0.25, -0.2) is 0 Å². The molecule has 0 saturated heterocycles. The van der Waals surface area contributed by atoms with Crippen LogP contribution in [0.2, 0.25) is 0 Å². The van der Waals surface area contributed by atoms with Gasteiger partial charge in [0.2, 0.25) is 0 Å². The highest BCUT2D eigenvalue weighted by Gasteiger charge is 2.08. The molecule has 0 fully saturated rings. The molecule has 0 saturated carbocycles. The highest BCUT2D eigenvalue weighted by atomic mass is 14.8. The molecule has 2 heteroatoms. The summed E-state index contributed by atoms with van der Waals surface area (Å²) in [6, 6.07) is 0. The van der Waals surface area contributed by atoms with Crippen LogP contribution in [0, 0.1) is 18.8 Å². The van der Waals surface area contributed by atoms with E-state index in [1.807, 2.05) is 13.1 Å². The molecule has 1 aromatic heterocycles. The van der Waals surface area contributed by atoms with Crippen molar-refractivity contribution in [2.24, 2.45) is 11.8 Å². The van der Waals surface area contributed by atoms with Crippen LogP contribution in [-0.2, 0) is 6.42 Å². The average Bonchev–Trinajstić information content (AvgIpc) is 2.27. The molecule has 0 aromatic carbocycles. The third kappa shape index (κ3) is 4.68. The minimum Gasteiger partial charge on any atom is -0.254 e. The molecule has 1 heterocycles. The van der Waals surface area contributed by atoms with Crippen LogP contribution in [0.3, 0.4) is 0 Å². The third-order valence-corrected chi connectivity index (χ3v) is 2.88. The monoisotopic (exact) mass is 232 g/mol. The average molecular weight is 232 g/mol. The summed E-state index contributed by atoms with van der Waals surface area (Å²) < 4.78 is 0. The Kier molecular flexibility index (Phi) is 5.33. The number of nitrogens with zero attached hydrogens (tertiary/aromatic N) is 2. The molecule has 1 rings (SSSR count). The molecule has 0 aliphatic carbocycles. The zero-order valence-electron chi connectivity index (χ0n) is 11.7. The van der Waals surface area contributed by atoms with Crippen molar-refractivity contribution in [3.8, 4) is 0 Å². The molecule has 94 valence electrons. The number of hydrogen-bond donors (Lipinski definition) is 0. The second-order valence-corrected chi connectivity index (χ2v) is 5.16. The van der Waals surface area contributed by atoms with E-state index < -0.39 is 0 Å². The maximum absolute atomic E-state index is 4.63. The topological polar surface area (TPSA) is 25.8 Å². The fourth-order valence-corrected chi connectivity index (χ4v) is 1.58. The Labute approximate surface area is 105 Å².